The van der Waals surface area contributed by atoms with E-state index in [0.717, 1.165) is 6.07 Å². The second kappa shape index (κ2) is 4.15. The van der Waals surface area contributed by atoms with Crippen LogP contribution in [0.15, 0.2) is 12.1 Å². The summed E-state index contributed by atoms with van der Waals surface area (Å²) in [7, 11) is 0. The Morgan fingerprint density at radius 2 is 1.62 bits per heavy atom. The highest BCUT2D eigenvalue weighted by molar-refractivity contribution is 5.81. The number of carbonyl (C=O) groups excluding carboxylic acids is 1. The molecule has 1 heterocycles. The Kier molecular flexibility index (Phi) is 2.85. The first-order chi connectivity index (χ1) is 7.59. The summed E-state index contributed by atoms with van der Waals surface area (Å²) in [5, 5.41) is 0. The lowest BCUT2D eigenvalue weighted by Crippen LogP contribution is -2.34. The van der Waals surface area contributed by atoms with Gasteiger partial charge >= 0.3 is 0 Å². The van der Waals surface area contributed by atoms with Crippen molar-refractivity contribution >= 4 is 11.5 Å². The molecule has 5 heteroatoms. The molecule has 1 saturated heterocycles. The van der Waals surface area contributed by atoms with Crippen molar-refractivity contribution in [2.24, 2.45) is 0 Å². The van der Waals surface area contributed by atoms with Crippen molar-refractivity contribution in [3.63, 3.8) is 0 Å². The van der Waals surface area contributed by atoms with Gasteiger partial charge < -0.3 is 4.90 Å². The molecule has 0 atom stereocenters. The molecular formula is C11H10F3NO. The number of hydrogen-bond donors (Lipinski definition) is 0. The number of Topliss-reactive ketones (excluding diaryl/α,β-unsaturated/α-hetero) is 1. The molecule has 1 fully saturated rings. The fraction of sp³-hybridized carbons (Fsp3) is 0.364. The van der Waals surface area contributed by atoms with Gasteiger partial charge in [0.05, 0.1) is 5.69 Å². The predicted molar refractivity (Wildman–Crippen MR) is 52.8 cm³/mol. The van der Waals surface area contributed by atoms with Gasteiger partial charge in [0.2, 0.25) is 0 Å². The number of piperidine rings is 1. The van der Waals surface area contributed by atoms with Gasteiger partial charge in [0.15, 0.2) is 17.5 Å². The molecule has 16 heavy (non-hydrogen) atoms. The zero-order chi connectivity index (χ0) is 11.7. The van der Waals surface area contributed by atoms with E-state index in [1.165, 1.54) is 6.07 Å². The molecule has 0 N–H and O–H groups in total. The van der Waals surface area contributed by atoms with Crippen LogP contribution in [0.5, 0.6) is 0 Å². The summed E-state index contributed by atoms with van der Waals surface area (Å²) in [5.74, 6) is -3.74. The lowest BCUT2D eigenvalue weighted by molar-refractivity contribution is -0.119. The molecule has 1 aromatic carbocycles. The molecule has 86 valence electrons. The molecule has 0 aliphatic carbocycles. The molecule has 0 aromatic heterocycles. The third-order valence-corrected chi connectivity index (χ3v) is 2.68. The van der Waals surface area contributed by atoms with Crippen LogP contribution in [-0.2, 0) is 4.79 Å². The van der Waals surface area contributed by atoms with Crippen LogP contribution in [-0.4, -0.2) is 18.9 Å². The summed E-state index contributed by atoms with van der Waals surface area (Å²) >= 11 is 0. The summed E-state index contributed by atoms with van der Waals surface area (Å²) in [5.41, 5.74) is 0.0198. The van der Waals surface area contributed by atoms with Crippen LogP contribution in [0.25, 0.3) is 0 Å². The summed E-state index contributed by atoms with van der Waals surface area (Å²) in [6.07, 6.45) is 0.636. The van der Waals surface area contributed by atoms with E-state index < -0.39 is 17.5 Å². The predicted octanol–water partition coefficient (Wildman–Crippen LogP) is 2.27. The van der Waals surface area contributed by atoms with Crippen LogP contribution in [0.1, 0.15) is 12.8 Å². The quantitative estimate of drug-likeness (QED) is 0.688. The maximum atomic E-state index is 13.4. The Morgan fingerprint density at radius 3 is 2.25 bits per heavy atom. The second-order valence-corrected chi connectivity index (χ2v) is 3.72. The largest absolute Gasteiger partial charge is 0.368 e. The molecule has 0 radical (unpaired) electrons. The number of hydrogen-bond acceptors (Lipinski definition) is 2. The second-order valence-electron chi connectivity index (χ2n) is 3.72. The van der Waals surface area contributed by atoms with Crippen molar-refractivity contribution in [1.82, 2.24) is 0 Å². The SMILES string of the molecule is O=C1CCN(c2ccc(F)c(F)c2F)CC1. The van der Waals surface area contributed by atoms with E-state index in [2.05, 4.69) is 0 Å². The van der Waals surface area contributed by atoms with E-state index in [-0.39, 0.29) is 11.5 Å². The molecule has 1 aliphatic rings. The zero-order valence-corrected chi connectivity index (χ0v) is 8.47. The summed E-state index contributed by atoms with van der Waals surface area (Å²) < 4.78 is 39.1. The van der Waals surface area contributed by atoms with Crippen LogP contribution < -0.4 is 4.90 Å². The lowest BCUT2D eigenvalue weighted by atomic mass is 10.1. The number of rotatable bonds is 1. The van der Waals surface area contributed by atoms with Crippen LogP contribution in [0, 0.1) is 17.5 Å². The van der Waals surface area contributed by atoms with E-state index in [1.54, 1.807) is 4.90 Å². The van der Waals surface area contributed by atoms with Crippen molar-refractivity contribution in [2.45, 2.75) is 12.8 Å². The highest BCUT2D eigenvalue weighted by Gasteiger charge is 2.22. The fourth-order valence-electron chi connectivity index (χ4n) is 1.76. The van der Waals surface area contributed by atoms with Gasteiger partial charge in [0, 0.05) is 25.9 Å². The van der Waals surface area contributed by atoms with Gasteiger partial charge in [-0.3, -0.25) is 4.79 Å². The van der Waals surface area contributed by atoms with Crippen molar-refractivity contribution < 1.29 is 18.0 Å². The molecule has 0 spiro atoms. The fourth-order valence-corrected chi connectivity index (χ4v) is 1.76. The Bertz CT molecular complexity index is 423. The first-order valence-corrected chi connectivity index (χ1v) is 4.99. The normalized spacial score (nSPS) is 16.7. The average molecular weight is 229 g/mol. The number of halogens is 3. The zero-order valence-electron chi connectivity index (χ0n) is 8.47. The summed E-state index contributed by atoms with van der Waals surface area (Å²) in [4.78, 5) is 12.5. The van der Waals surface area contributed by atoms with Crippen LogP contribution in [0.4, 0.5) is 18.9 Å². The van der Waals surface area contributed by atoms with Crippen molar-refractivity contribution in [1.29, 1.82) is 0 Å². The van der Waals surface area contributed by atoms with Crippen molar-refractivity contribution in [2.75, 3.05) is 18.0 Å². The molecule has 2 nitrogen and oxygen atoms in total. The Labute approximate surface area is 90.7 Å². The molecule has 0 amide bonds. The van der Waals surface area contributed by atoms with Crippen LogP contribution in [0.2, 0.25) is 0 Å². The number of benzene rings is 1. The highest BCUT2D eigenvalue weighted by atomic mass is 19.2. The smallest absolute Gasteiger partial charge is 0.196 e. The number of nitrogens with zero attached hydrogens (tertiary/aromatic N) is 1. The first-order valence-electron chi connectivity index (χ1n) is 4.99. The van der Waals surface area contributed by atoms with Crippen molar-refractivity contribution in [3.05, 3.63) is 29.6 Å². The van der Waals surface area contributed by atoms with Gasteiger partial charge in [-0.15, -0.1) is 0 Å². The van der Waals surface area contributed by atoms with E-state index in [4.69, 9.17) is 0 Å². The molecule has 0 saturated carbocycles. The number of ketones is 1. The Morgan fingerprint density at radius 1 is 1.00 bits per heavy atom. The average Bonchev–Trinajstić information content (AvgIpc) is 2.28. The van der Waals surface area contributed by atoms with Gasteiger partial charge in [-0.2, -0.15) is 0 Å². The van der Waals surface area contributed by atoms with E-state index in [9.17, 15) is 18.0 Å². The minimum absolute atomic E-state index is 0.0198. The maximum Gasteiger partial charge on any atom is 0.196 e. The van der Waals surface area contributed by atoms with Gasteiger partial charge in [-0.25, -0.2) is 13.2 Å². The molecule has 2 rings (SSSR count). The van der Waals surface area contributed by atoms with Gasteiger partial charge in [0.25, 0.3) is 0 Å². The third kappa shape index (κ3) is 1.89. The Hall–Kier alpha value is -1.52. The third-order valence-electron chi connectivity index (χ3n) is 2.68. The van der Waals surface area contributed by atoms with Gasteiger partial charge in [-0.05, 0) is 12.1 Å². The van der Waals surface area contributed by atoms with Crippen LogP contribution in [0.3, 0.4) is 0 Å². The minimum Gasteiger partial charge on any atom is -0.368 e. The van der Waals surface area contributed by atoms with Gasteiger partial charge in [0.1, 0.15) is 5.78 Å². The van der Waals surface area contributed by atoms with E-state index in [1.807, 2.05) is 0 Å². The standard InChI is InChI=1S/C11H10F3NO/c12-8-1-2-9(11(14)10(8)13)15-5-3-7(16)4-6-15/h1-2H,3-6H2. The number of anilines is 1. The Balaban J connectivity index is 2.27. The monoisotopic (exact) mass is 229 g/mol. The van der Waals surface area contributed by atoms with Crippen molar-refractivity contribution in [3.8, 4) is 0 Å². The summed E-state index contributed by atoms with van der Waals surface area (Å²) in [6.45, 7) is 0.696. The highest BCUT2D eigenvalue weighted by Crippen LogP contribution is 2.25. The lowest BCUT2D eigenvalue weighted by Gasteiger charge is -2.28. The molecule has 1 aliphatic heterocycles. The minimum atomic E-state index is -1.46. The summed E-state index contributed by atoms with van der Waals surface area (Å²) in [6, 6.07) is 2.09. The van der Waals surface area contributed by atoms with Gasteiger partial charge in [-0.1, -0.05) is 0 Å². The molecule has 0 unspecified atom stereocenters. The van der Waals surface area contributed by atoms with Crippen LogP contribution >= 0.6 is 0 Å². The molecule has 1 aromatic rings. The topological polar surface area (TPSA) is 20.3 Å². The van der Waals surface area contributed by atoms with E-state index in [0.29, 0.717) is 25.9 Å². The van der Waals surface area contributed by atoms with E-state index >= 15 is 0 Å². The maximum absolute atomic E-state index is 13.4. The number of carbonyl (C=O) groups is 1. The first kappa shape index (κ1) is 11.0. The molecular weight excluding hydrogens is 219 g/mol. The molecule has 0 bridgehead atoms.